The molecule has 0 heterocycles. The fourth-order valence-corrected chi connectivity index (χ4v) is 6.93. The lowest BCUT2D eigenvalue weighted by Crippen LogP contribution is -2.30. The van der Waals surface area contributed by atoms with Crippen LogP contribution in [-0.4, -0.2) is 37.2 Å². The Morgan fingerprint density at radius 1 is 0.358 bits per heavy atom. The normalized spacial score (nSPS) is 12.1. The van der Waals surface area contributed by atoms with Crippen molar-refractivity contribution in [1.29, 1.82) is 0 Å². The van der Waals surface area contributed by atoms with Crippen LogP contribution in [0.4, 0.5) is 0 Å². The fourth-order valence-electron chi connectivity index (χ4n) is 6.93. The van der Waals surface area contributed by atoms with Gasteiger partial charge in [-0.3, -0.25) is 14.4 Å². The van der Waals surface area contributed by atoms with Crippen molar-refractivity contribution < 1.29 is 28.6 Å². The van der Waals surface area contributed by atoms with Crippen molar-refractivity contribution in [1.82, 2.24) is 0 Å². The van der Waals surface area contributed by atoms with Crippen LogP contribution in [-0.2, 0) is 28.6 Å². The van der Waals surface area contributed by atoms with Gasteiger partial charge in [0.1, 0.15) is 13.2 Å². The van der Waals surface area contributed by atoms with Gasteiger partial charge in [-0.15, -0.1) is 0 Å². The van der Waals surface area contributed by atoms with E-state index in [1.807, 2.05) is 0 Å². The maximum Gasteiger partial charge on any atom is 0.306 e. The number of hydrogen-bond acceptors (Lipinski definition) is 6. The molecule has 0 radical (unpaired) electrons. The molecule has 0 amide bonds. The minimum atomic E-state index is -0.760. The lowest BCUT2D eigenvalue weighted by atomic mass is 10.0. The van der Waals surface area contributed by atoms with Crippen LogP contribution in [0.1, 0.15) is 253 Å². The molecule has 0 N–H and O–H groups in total. The Kier molecular flexibility index (Phi) is 38.9. The van der Waals surface area contributed by atoms with Crippen molar-refractivity contribution in [3.63, 3.8) is 0 Å². The molecule has 0 rings (SSSR count). The van der Waals surface area contributed by atoms with Gasteiger partial charge >= 0.3 is 17.9 Å². The predicted molar refractivity (Wildman–Crippen MR) is 224 cm³/mol. The van der Waals surface area contributed by atoms with Crippen LogP contribution < -0.4 is 0 Å². The van der Waals surface area contributed by atoms with Crippen molar-refractivity contribution in [2.24, 2.45) is 11.8 Å². The Balaban J connectivity index is 4.33. The number of carbonyl (C=O) groups is 3. The van der Waals surface area contributed by atoms with Gasteiger partial charge in [0.2, 0.25) is 0 Å². The maximum atomic E-state index is 12.7. The lowest BCUT2D eigenvalue weighted by Gasteiger charge is -2.18. The molecular formula is C47H90O6. The monoisotopic (exact) mass is 751 g/mol. The molecule has 0 aliphatic heterocycles. The van der Waals surface area contributed by atoms with Gasteiger partial charge < -0.3 is 14.2 Å². The number of carbonyl (C=O) groups excluding carboxylic acids is 3. The minimum Gasteiger partial charge on any atom is -0.462 e. The SMILES string of the molecule is CCCCCCCCCCCCC(=O)OC[C@@H](COC(=O)CCCCCCCCCCCC(C)C)OC(=O)CCCCCCCCCCCCC(C)C. The first-order valence-corrected chi connectivity index (χ1v) is 23.2. The average molecular weight is 751 g/mol. The molecule has 0 unspecified atom stereocenters. The van der Waals surface area contributed by atoms with Crippen molar-refractivity contribution in [2.75, 3.05) is 13.2 Å². The quantitative estimate of drug-likeness (QED) is 0.0352. The van der Waals surface area contributed by atoms with Gasteiger partial charge in [-0.25, -0.2) is 0 Å². The summed E-state index contributed by atoms with van der Waals surface area (Å²) in [4.78, 5) is 37.7. The standard InChI is InChI=1S/C47H90O6/c1-6-7-8-9-10-11-17-22-27-32-37-45(48)51-40-44(41-52-46(49)38-33-28-23-19-14-16-21-26-31-36-43(4)5)53-47(50)39-34-29-24-18-13-12-15-20-25-30-35-42(2)3/h42-44H,6-41H2,1-5H3/t44-/m0/s1. The average Bonchev–Trinajstić information content (AvgIpc) is 3.12. The Morgan fingerprint density at radius 3 is 0.925 bits per heavy atom. The third-order valence-electron chi connectivity index (χ3n) is 10.5. The fraction of sp³-hybridized carbons (Fsp3) is 0.936. The summed E-state index contributed by atoms with van der Waals surface area (Å²) in [5, 5.41) is 0. The highest BCUT2D eigenvalue weighted by Crippen LogP contribution is 2.16. The van der Waals surface area contributed by atoms with Gasteiger partial charge in [0, 0.05) is 19.3 Å². The predicted octanol–water partition coefficient (Wildman–Crippen LogP) is 14.6. The third kappa shape index (κ3) is 41.4. The summed E-state index contributed by atoms with van der Waals surface area (Å²) < 4.78 is 16.7. The first kappa shape index (κ1) is 51.4. The Morgan fingerprint density at radius 2 is 0.623 bits per heavy atom. The third-order valence-corrected chi connectivity index (χ3v) is 10.5. The van der Waals surface area contributed by atoms with Crippen molar-refractivity contribution >= 4 is 17.9 Å². The molecule has 6 nitrogen and oxygen atoms in total. The van der Waals surface area contributed by atoms with Crippen molar-refractivity contribution in [3.8, 4) is 0 Å². The molecule has 0 aromatic carbocycles. The molecule has 0 aromatic heterocycles. The molecule has 53 heavy (non-hydrogen) atoms. The Bertz CT molecular complexity index is 809. The van der Waals surface area contributed by atoms with Gasteiger partial charge in [0.15, 0.2) is 6.10 Å². The molecule has 0 bridgehead atoms. The van der Waals surface area contributed by atoms with Crippen LogP contribution in [0, 0.1) is 11.8 Å². The number of esters is 3. The summed E-state index contributed by atoms with van der Waals surface area (Å²) in [5.41, 5.74) is 0. The maximum absolute atomic E-state index is 12.7. The van der Waals surface area contributed by atoms with Gasteiger partial charge in [0.25, 0.3) is 0 Å². The zero-order valence-corrected chi connectivity index (χ0v) is 36.1. The lowest BCUT2D eigenvalue weighted by molar-refractivity contribution is -0.167. The molecular weight excluding hydrogens is 661 g/mol. The number of hydrogen-bond donors (Lipinski definition) is 0. The molecule has 0 aliphatic rings. The topological polar surface area (TPSA) is 78.9 Å². The zero-order valence-electron chi connectivity index (χ0n) is 36.1. The van der Waals surface area contributed by atoms with Crippen molar-refractivity contribution in [2.45, 2.75) is 259 Å². The van der Waals surface area contributed by atoms with Crippen LogP contribution in [0.5, 0.6) is 0 Å². The summed E-state index contributed by atoms with van der Waals surface area (Å²) in [6.45, 7) is 11.3. The first-order valence-electron chi connectivity index (χ1n) is 23.2. The van der Waals surface area contributed by atoms with Crippen LogP contribution in [0.25, 0.3) is 0 Å². The summed E-state index contributed by atoms with van der Waals surface area (Å²) in [6.07, 6.45) is 38.0. The minimum absolute atomic E-state index is 0.0649. The molecule has 0 fully saturated rings. The van der Waals surface area contributed by atoms with E-state index in [-0.39, 0.29) is 31.1 Å². The highest BCUT2D eigenvalue weighted by Gasteiger charge is 2.19. The molecule has 6 heteroatoms. The van der Waals surface area contributed by atoms with E-state index in [0.717, 1.165) is 69.6 Å². The van der Waals surface area contributed by atoms with Crippen molar-refractivity contribution in [3.05, 3.63) is 0 Å². The van der Waals surface area contributed by atoms with E-state index < -0.39 is 6.10 Å². The van der Waals surface area contributed by atoms with E-state index >= 15 is 0 Å². The summed E-state index contributed by atoms with van der Waals surface area (Å²) in [6, 6.07) is 0. The highest BCUT2D eigenvalue weighted by molar-refractivity contribution is 5.71. The molecule has 1 atom stereocenters. The molecule has 0 spiro atoms. The van der Waals surface area contributed by atoms with Gasteiger partial charge in [-0.05, 0) is 31.1 Å². The highest BCUT2D eigenvalue weighted by atomic mass is 16.6. The number of rotatable bonds is 41. The second-order valence-electron chi connectivity index (χ2n) is 17.0. The Hall–Kier alpha value is -1.59. The molecule has 0 aromatic rings. The summed E-state index contributed by atoms with van der Waals surface area (Å²) in [7, 11) is 0. The Labute approximate surface area is 329 Å². The van der Waals surface area contributed by atoms with E-state index in [2.05, 4.69) is 34.6 Å². The second kappa shape index (κ2) is 40.1. The van der Waals surface area contributed by atoms with Crippen LogP contribution in [0.15, 0.2) is 0 Å². The van der Waals surface area contributed by atoms with Gasteiger partial charge in [0.05, 0.1) is 0 Å². The van der Waals surface area contributed by atoms with Crippen LogP contribution in [0.2, 0.25) is 0 Å². The largest absolute Gasteiger partial charge is 0.462 e. The van der Waals surface area contributed by atoms with Gasteiger partial charge in [-0.1, -0.05) is 214 Å². The van der Waals surface area contributed by atoms with Crippen LogP contribution in [0.3, 0.4) is 0 Å². The molecule has 314 valence electrons. The summed E-state index contributed by atoms with van der Waals surface area (Å²) in [5.74, 6) is 0.767. The van der Waals surface area contributed by atoms with Crippen LogP contribution >= 0.6 is 0 Å². The second-order valence-corrected chi connectivity index (χ2v) is 17.0. The van der Waals surface area contributed by atoms with E-state index in [9.17, 15) is 14.4 Å². The smallest absolute Gasteiger partial charge is 0.306 e. The first-order chi connectivity index (χ1) is 25.7. The zero-order chi connectivity index (χ0) is 39.0. The molecule has 0 saturated heterocycles. The van der Waals surface area contributed by atoms with E-state index in [1.54, 1.807) is 0 Å². The van der Waals surface area contributed by atoms with E-state index in [4.69, 9.17) is 14.2 Å². The summed E-state index contributed by atoms with van der Waals surface area (Å²) >= 11 is 0. The number of ether oxygens (including phenoxy) is 3. The molecule has 0 aliphatic carbocycles. The van der Waals surface area contributed by atoms with Gasteiger partial charge in [-0.2, -0.15) is 0 Å². The van der Waals surface area contributed by atoms with E-state index in [1.165, 1.54) is 141 Å². The number of unbranched alkanes of at least 4 members (excludes halogenated alkanes) is 26. The van der Waals surface area contributed by atoms with E-state index in [0.29, 0.717) is 19.3 Å². The molecule has 0 saturated carbocycles.